The molecule has 4 unspecified atom stereocenters. The highest BCUT2D eigenvalue weighted by atomic mass is 32.2. The van der Waals surface area contributed by atoms with Gasteiger partial charge in [0, 0.05) is 37.9 Å². The molecule has 1 heterocycles. The first-order chi connectivity index (χ1) is 31.1. The maximum atomic E-state index is 4.30. The Morgan fingerprint density at radius 2 is 1.33 bits per heavy atom. The van der Waals surface area contributed by atoms with E-state index in [-0.39, 0.29) is 11.5 Å². The fraction of sp³-hybridized carbons (Fsp3) is 0.705. The van der Waals surface area contributed by atoms with Crippen molar-refractivity contribution in [2.75, 3.05) is 40.5 Å². The maximum absolute atomic E-state index is 4.30. The molecule has 400 valence electrons. The van der Waals surface area contributed by atoms with Crippen molar-refractivity contribution in [3.8, 4) is 0 Å². The maximum Gasteiger partial charge on any atom is 0.0914 e. The molecule has 1 aliphatic carbocycles. The van der Waals surface area contributed by atoms with Crippen LogP contribution >= 0.6 is 9.39 Å². The first kappa shape index (κ1) is 78.5. The van der Waals surface area contributed by atoms with Crippen LogP contribution in [0.25, 0.3) is 0 Å². The van der Waals surface area contributed by atoms with Gasteiger partial charge >= 0.3 is 0 Å². The van der Waals surface area contributed by atoms with E-state index in [1.807, 2.05) is 68.5 Å². The van der Waals surface area contributed by atoms with Gasteiger partial charge in [0.1, 0.15) is 0 Å². The van der Waals surface area contributed by atoms with Gasteiger partial charge in [0.15, 0.2) is 0 Å². The number of nitrogens with zero attached hydrogens (tertiary/aromatic N) is 2. The predicted octanol–water partition coefficient (Wildman–Crippen LogP) is 17.9. The number of nitrogens with one attached hydrogen (secondary N) is 3. The van der Waals surface area contributed by atoms with Crippen LogP contribution < -0.4 is 16.0 Å². The molecule has 3 N–H and O–H groups in total. The third kappa shape index (κ3) is 46.8. The van der Waals surface area contributed by atoms with E-state index < -0.39 is 9.39 Å². The van der Waals surface area contributed by atoms with E-state index in [4.69, 9.17) is 0 Å². The number of hydrogen-bond acceptors (Lipinski definition) is 5. The Bertz CT molecular complexity index is 1370. The minimum absolute atomic E-state index is 0.168. The van der Waals surface area contributed by atoms with Crippen LogP contribution in [0.15, 0.2) is 98.1 Å². The van der Waals surface area contributed by atoms with E-state index in [9.17, 15) is 0 Å². The average Bonchev–Trinajstić information content (AvgIpc) is 3.60. The van der Waals surface area contributed by atoms with Gasteiger partial charge in [0.2, 0.25) is 0 Å². The Kier molecular flexibility index (Phi) is 56.7. The Balaban J connectivity index is -0.000000135. The number of likely N-dealkylation sites (N-methyl/N-ethyl adjacent to an activating group) is 1. The summed E-state index contributed by atoms with van der Waals surface area (Å²) in [6, 6.07) is 1.16. The Morgan fingerprint density at radius 3 is 1.60 bits per heavy atom. The second kappa shape index (κ2) is 48.4. The second-order valence-electron chi connectivity index (χ2n) is 19.6. The van der Waals surface area contributed by atoms with Crippen LogP contribution in [-0.4, -0.2) is 79.6 Å². The van der Waals surface area contributed by atoms with Crippen LogP contribution in [0.4, 0.5) is 0 Å². The lowest BCUT2D eigenvalue weighted by Gasteiger charge is -2.33. The number of likely N-dealkylation sites (tertiary alicyclic amines) is 1. The van der Waals surface area contributed by atoms with Gasteiger partial charge in [-0.2, -0.15) is 9.39 Å². The lowest BCUT2D eigenvalue weighted by Crippen LogP contribution is -2.40. The van der Waals surface area contributed by atoms with E-state index in [0.717, 1.165) is 24.2 Å². The molecule has 2 rings (SSSR count). The van der Waals surface area contributed by atoms with Crippen molar-refractivity contribution in [3.05, 3.63) is 98.1 Å². The van der Waals surface area contributed by atoms with Crippen molar-refractivity contribution in [2.24, 2.45) is 22.7 Å². The zero-order valence-electron chi connectivity index (χ0n) is 50.2. The van der Waals surface area contributed by atoms with Crippen molar-refractivity contribution < 1.29 is 0 Å². The van der Waals surface area contributed by atoms with E-state index in [0.29, 0.717) is 17.5 Å². The molecule has 2 aliphatic rings. The quantitative estimate of drug-likeness (QED) is 0.0726. The summed E-state index contributed by atoms with van der Waals surface area (Å²) >= 11 is 0. The van der Waals surface area contributed by atoms with E-state index in [1.165, 1.54) is 82.0 Å². The van der Waals surface area contributed by atoms with Crippen molar-refractivity contribution in [1.82, 2.24) is 25.2 Å². The first-order valence-corrected chi connectivity index (χ1v) is 28.7. The molecule has 67 heavy (non-hydrogen) atoms. The monoisotopic (exact) mass is 960 g/mol. The normalized spacial score (nSPS) is 16.4. The van der Waals surface area contributed by atoms with E-state index >= 15 is 0 Å². The van der Waals surface area contributed by atoms with Crippen molar-refractivity contribution in [2.45, 2.75) is 221 Å². The lowest BCUT2D eigenvalue weighted by molar-refractivity contribution is 0.268. The topological polar surface area (TPSA) is 42.6 Å². The molecule has 4 atom stereocenters. The summed E-state index contributed by atoms with van der Waals surface area (Å²) in [4.78, 5) is 2.43. The molecule has 0 radical (unpaired) electrons. The van der Waals surface area contributed by atoms with Gasteiger partial charge in [-0.05, 0) is 115 Å². The van der Waals surface area contributed by atoms with Crippen molar-refractivity contribution in [1.29, 1.82) is 0 Å². The zero-order chi connectivity index (χ0) is 54.6. The number of hydrogen-bond donors (Lipinski definition) is 3. The number of allylic oxidation sites excluding steroid dienone is 6. The molecule has 1 aliphatic heterocycles. The van der Waals surface area contributed by atoms with E-state index in [1.54, 1.807) is 23.3 Å². The minimum Gasteiger partial charge on any atom is -0.381 e. The SMILES string of the molecule is C/C=C\C(CC)=C(/CC)CCC.C=C(C)C(CC1CCC1)NC(=C)C1CC(C)CN1C.C=CC.C=CC.C=CC(NC(=C)NC)C(C)(C)C.C=S(=C)(C)N(C)CCC(C)(C)C.CC.CC.CC. The van der Waals surface area contributed by atoms with Gasteiger partial charge in [0.25, 0.3) is 0 Å². The summed E-state index contributed by atoms with van der Waals surface area (Å²) in [7, 11) is 5.18. The molecular weight excluding hydrogens is 835 g/mol. The molecule has 0 aromatic rings. The highest BCUT2D eigenvalue weighted by molar-refractivity contribution is 8.25. The molecule has 0 aromatic carbocycles. The standard InChI is InChI=1S/C17H30N2.C12H22.C10H20N2.C10H23NS.2C3H6.3C2H6/c1-12(2)16(10-15-7-6-8-15)18-14(4)17-9-13(3)11-19(17)5;1-5-9-11(7-3)12(8-4)10-6-2;1-7-9(10(3,4)5)12-8(2)11-6;1-10(2,3)8-9-11(4)12(5,6)7;2*1-3-2;3*1-2/h13,15-18H,1,4,6-11H2,2-3,5H3;5,9H,6-8,10H2,1-4H3;7,9,11-12H,1-2H2,3-6H3;5-6,8-9H2,1-4,7H3;2*3H,1H2,2H3;3*1-2H3/b;9-5-,12-11+;;;;;;;. The Labute approximate surface area is 426 Å². The van der Waals surface area contributed by atoms with Gasteiger partial charge in [-0.1, -0.05) is 209 Å². The third-order valence-corrected chi connectivity index (χ3v) is 12.5. The average molecular weight is 961 g/mol. The molecule has 1 saturated heterocycles. The Hall–Kier alpha value is -2.67. The smallest absolute Gasteiger partial charge is 0.0914 e. The van der Waals surface area contributed by atoms with Crippen molar-refractivity contribution in [3.63, 3.8) is 0 Å². The van der Waals surface area contributed by atoms with Crippen LogP contribution in [0.2, 0.25) is 0 Å². The third-order valence-electron chi connectivity index (χ3n) is 10.8. The number of rotatable bonds is 18. The summed E-state index contributed by atoms with van der Waals surface area (Å²) < 4.78 is 2.28. The first-order valence-electron chi connectivity index (χ1n) is 26.3. The molecule has 1 saturated carbocycles. The predicted molar refractivity (Wildman–Crippen MR) is 325 cm³/mol. The Morgan fingerprint density at radius 1 is 0.851 bits per heavy atom. The molecular formula is C61H125N5S. The molecule has 6 heteroatoms. The highest BCUT2D eigenvalue weighted by Crippen LogP contribution is 2.33. The summed E-state index contributed by atoms with van der Waals surface area (Å²) in [6.07, 6.45) is 24.7. The fourth-order valence-corrected chi connectivity index (χ4v) is 7.12. The minimum atomic E-state index is -0.992. The van der Waals surface area contributed by atoms with Gasteiger partial charge < -0.3 is 16.0 Å². The molecule has 0 amide bonds. The van der Waals surface area contributed by atoms with Crippen LogP contribution in [0.5, 0.6) is 0 Å². The van der Waals surface area contributed by atoms with Gasteiger partial charge in [-0.25, -0.2) is 0 Å². The summed E-state index contributed by atoms with van der Waals surface area (Å²) in [5.74, 6) is 10.7. The fourth-order valence-electron chi connectivity index (χ4n) is 6.58. The molecule has 0 bridgehead atoms. The van der Waals surface area contributed by atoms with Crippen LogP contribution in [0.1, 0.15) is 203 Å². The molecule has 2 fully saturated rings. The lowest BCUT2D eigenvalue weighted by atomic mass is 9.79. The highest BCUT2D eigenvalue weighted by Gasteiger charge is 2.30. The zero-order valence-corrected chi connectivity index (χ0v) is 51.0. The van der Waals surface area contributed by atoms with Crippen LogP contribution in [0, 0.1) is 22.7 Å². The van der Waals surface area contributed by atoms with Gasteiger partial charge in [0.05, 0.1) is 11.9 Å². The summed E-state index contributed by atoms with van der Waals surface area (Å²) in [5.41, 5.74) is 6.21. The molecule has 0 aromatic heterocycles. The van der Waals surface area contributed by atoms with Gasteiger partial charge in [-0.3, -0.25) is 9.21 Å². The van der Waals surface area contributed by atoms with Gasteiger partial charge in [-0.15, -0.1) is 19.7 Å². The van der Waals surface area contributed by atoms with Crippen LogP contribution in [-0.2, 0) is 0 Å². The summed E-state index contributed by atoms with van der Waals surface area (Å²) in [5, 5.41) is 9.85. The molecule has 0 spiro atoms. The largest absolute Gasteiger partial charge is 0.381 e. The van der Waals surface area contributed by atoms with Crippen LogP contribution in [0.3, 0.4) is 0 Å². The summed E-state index contributed by atoms with van der Waals surface area (Å²) in [6.45, 7) is 67.4. The molecule has 5 nitrogen and oxygen atoms in total. The van der Waals surface area contributed by atoms with E-state index in [2.05, 4.69) is 192 Å². The second-order valence-corrected chi connectivity index (χ2v) is 22.7. The van der Waals surface area contributed by atoms with Crippen molar-refractivity contribution >= 4 is 21.1 Å².